The minimum Gasteiger partial charge on any atom is -0.454 e. The SMILES string of the molecule is O=c1/c(=C/c2ccc3c(c2)OCO3)sc2nc3cccnc3n12. The van der Waals surface area contributed by atoms with Crippen molar-refractivity contribution in [3.63, 3.8) is 0 Å². The van der Waals surface area contributed by atoms with Crippen molar-refractivity contribution in [3.05, 3.63) is 57.0 Å². The minimum absolute atomic E-state index is 0.108. The van der Waals surface area contributed by atoms with Gasteiger partial charge in [-0.05, 0) is 35.9 Å². The summed E-state index contributed by atoms with van der Waals surface area (Å²) in [6.45, 7) is 0.232. The van der Waals surface area contributed by atoms with E-state index in [-0.39, 0.29) is 12.4 Å². The Hall–Kier alpha value is -2.93. The fourth-order valence-electron chi connectivity index (χ4n) is 2.64. The van der Waals surface area contributed by atoms with Gasteiger partial charge in [0.25, 0.3) is 5.56 Å². The lowest BCUT2D eigenvalue weighted by atomic mass is 10.2. The summed E-state index contributed by atoms with van der Waals surface area (Å²) in [6, 6.07) is 9.26. The largest absolute Gasteiger partial charge is 0.454 e. The number of ether oxygens (including phenoxy) is 2. The van der Waals surface area contributed by atoms with E-state index in [1.807, 2.05) is 36.4 Å². The topological polar surface area (TPSA) is 65.7 Å². The molecule has 1 aliphatic rings. The number of rotatable bonds is 1. The third-order valence-corrected chi connectivity index (χ3v) is 4.66. The molecule has 0 spiro atoms. The molecule has 23 heavy (non-hydrogen) atoms. The van der Waals surface area contributed by atoms with Crippen LogP contribution in [0.25, 0.3) is 22.2 Å². The van der Waals surface area contributed by atoms with Crippen LogP contribution in [0.1, 0.15) is 5.56 Å². The first-order valence-electron chi connectivity index (χ1n) is 6.97. The molecule has 4 aromatic rings. The number of hydrogen-bond acceptors (Lipinski definition) is 6. The van der Waals surface area contributed by atoms with Crippen LogP contribution in [0.5, 0.6) is 11.5 Å². The molecule has 3 aromatic heterocycles. The summed E-state index contributed by atoms with van der Waals surface area (Å²) < 4.78 is 12.8. The van der Waals surface area contributed by atoms with E-state index in [1.54, 1.807) is 10.6 Å². The normalized spacial score (nSPS) is 14.2. The maximum absolute atomic E-state index is 12.6. The summed E-state index contributed by atoms with van der Waals surface area (Å²) in [4.78, 5) is 22.0. The Balaban J connectivity index is 1.74. The molecule has 5 rings (SSSR count). The Kier molecular flexibility index (Phi) is 2.48. The highest BCUT2D eigenvalue weighted by atomic mass is 32.1. The first kappa shape index (κ1) is 12.6. The second-order valence-electron chi connectivity index (χ2n) is 5.10. The predicted molar refractivity (Wildman–Crippen MR) is 86.0 cm³/mol. The zero-order chi connectivity index (χ0) is 15.4. The van der Waals surface area contributed by atoms with Gasteiger partial charge >= 0.3 is 0 Å². The van der Waals surface area contributed by atoms with Crippen LogP contribution in [0, 0.1) is 0 Å². The molecular formula is C16H9N3O3S. The molecule has 0 saturated carbocycles. The Morgan fingerprint density at radius 1 is 1.22 bits per heavy atom. The average Bonchev–Trinajstić information content (AvgIpc) is 3.23. The van der Waals surface area contributed by atoms with Crippen LogP contribution in [-0.4, -0.2) is 21.2 Å². The lowest BCUT2D eigenvalue weighted by Gasteiger charge is -1.96. The summed E-state index contributed by atoms with van der Waals surface area (Å²) in [7, 11) is 0. The van der Waals surface area contributed by atoms with Crippen molar-refractivity contribution in [2.75, 3.05) is 6.79 Å². The Labute approximate surface area is 133 Å². The molecule has 0 amide bonds. The number of hydrogen-bond donors (Lipinski definition) is 0. The lowest BCUT2D eigenvalue weighted by molar-refractivity contribution is 0.174. The molecule has 0 atom stereocenters. The van der Waals surface area contributed by atoms with Crippen LogP contribution in [-0.2, 0) is 0 Å². The van der Waals surface area contributed by atoms with Crippen molar-refractivity contribution < 1.29 is 9.47 Å². The molecule has 112 valence electrons. The van der Waals surface area contributed by atoms with Gasteiger partial charge in [-0.15, -0.1) is 0 Å². The van der Waals surface area contributed by atoms with Gasteiger partial charge in [0.05, 0.1) is 4.53 Å². The Morgan fingerprint density at radius 3 is 3.09 bits per heavy atom. The van der Waals surface area contributed by atoms with Crippen molar-refractivity contribution in [3.8, 4) is 11.5 Å². The second kappa shape index (κ2) is 4.53. The van der Waals surface area contributed by atoms with Gasteiger partial charge in [0.2, 0.25) is 6.79 Å². The fourth-order valence-corrected chi connectivity index (χ4v) is 3.62. The standard InChI is InChI=1S/C16H9N3O3S/c20-15-13(7-9-3-4-11-12(6-9)22-8-21-11)23-16-18-10-2-1-5-17-14(10)19(15)16/h1-7H,8H2/b13-7-. The van der Waals surface area contributed by atoms with Crippen molar-refractivity contribution in [2.45, 2.75) is 0 Å². The van der Waals surface area contributed by atoms with Gasteiger partial charge in [-0.25, -0.2) is 14.4 Å². The van der Waals surface area contributed by atoms with E-state index in [0.29, 0.717) is 20.9 Å². The summed E-state index contributed by atoms with van der Waals surface area (Å²) >= 11 is 1.35. The van der Waals surface area contributed by atoms with Crippen LogP contribution < -0.4 is 19.6 Å². The van der Waals surface area contributed by atoms with Gasteiger partial charge in [0.15, 0.2) is 22.1 Å². The highest BCUT2D eigenvalue weighted by Gasteiger charge is 2.14. The van der Waals surface area contributed by atoms with E-state index in [0.717, 1.165) is 16.8 Å². The molecule has 4 heterocycles. The molecule has 0 saturated heterocycles. The van der Waals surface area contributed by atoms with Crippen molar-refractivity contribution in [1.29, 1.82) is 0 Å². The highest BCUT2D eigenvalue weighted by Crippen LogP contribution is 2.32. The third-order valence-electron chi connectivity index (χ3n) is 3.69. The highest BCUT2D eigenvalue weighted by molar-refractivity contribution is 7.15. The zero-order valence-electron chi connectivity index (χ0n) is 11.7. The van der Waals surface area contributed by atoms with E-state index < -0.39 is 0 Å². The number of aromatic nitrogens is 3. The van der Waals surface area contributed by atoms with Gasteiger partial charge in [0, 0.05) is 6.20 Å². The van der Waals surface area contributed by atoms with E-state index in [9.17, 15) is 4.79 Å². The first-order valence-corrected chi connectivity index (χ1v) is 7.79. The van der Waals surface area contributed by atoms with Gasteiger partial charge in [-0.1, -0.05) is 17.4 Å². The number of benzene rings is 1. The molecule has 0 aliphatic carbocycles. The maximum atomic E-state index is 12.6. The molecule has 0 bridgehead atoms. The molecule has 0 radical (unpaired) electrons. The molecule has 6 nitrogen and oxygen atoms in total. The summed E-state index contributed by atoms with van der Waals surface area (Å²) in [6.07, 6.45) is 3.49. The van der Waals surface area contributed by atoms with E-state index in [1.165, 1.54) is 11.3 Å². The van der Waals surface area contributed by atoms with E-state index in [2.05, 4.69) is 9.97 Å². The number of fused-ring (bicyclic) bond motifs is 4. The molecule has 7 heteroatoms. The second-order valence-corrected chi connectivity index (χ2v) is 6.11. The first-order chi connectivity index (χ1) is 11.3. The van der Waals surface area contributed by atoms with Gasteiger partial charge in [-0.2, -0.15) is 0 Å². The summed E-state index contributed by atoms with van der Waals surface area (Å²) in [5.74, 6) is 1.42. The molecule has 1 aliphatic heterocycles. The van der Waals surface area contributed by atoms with Crippen LogP contribution in [0.3, 0.4) is 0 Å². The molecular weight excluding hydrogens is 314 g/mol. The number of imidazole rings is 1. The summed E-state index contributed by atoms with van der Waals surface area (Å²) in [5, 5.41) is 0. The fraction of sp³-hybridized carbons (Fsp3) is 0.0625. The number of thiazole rings is 1. The summed E-state index contributed by atoms with van der Waals surface area (Å²) in [5.41, 5.74) is 2.09. The molecule has 0 N–H and O–H groups in total. The van der Waals surface area contributed by atoms with Crippen LogP contribution in [0.15, 0.2) is 41.3 Å². The van der Waals surface area contributed by atoms with Crippen molar-refractivity contribution >= 4 is 33.5 Å². The molecule has 1 aromatic carbocycles. The Bertz CT molecular complexity index is 1180. The van der Waals surface area contributed by atoms with Gasteiger partial charge < -0.3 is 9.47 Å². The van der Waals surface area contributed by atoms with Crippen LogP contribution in [0.2, 0.25) is 0 Å². The number of nitrogens with zero attached hydrogens (tertiary/aromatic N) is 3. The van der Waals surface area contributed by atoms with Crippen LogP contribution in [0.4, 0.5) is 0 Å². The average molecular weight is 323 g/mol. The smallest absolute Gasteiger partial charge is 0.276 e. The monoisotopic (exact) mass is 323 g/mol. The predicted octanol–water partition coefficient (Wildman–Crippen LogP) is 1.58. The van der Waals surface area contributed by atoms with Crippen molar-refractivity contribution in [1.82, 2.24) is 14.4 Å². The van der Waals surface area contributed by atoms with Crippen LogP contribution >= 0.6 is 11.3 Å². The van der Waals surface area contributed by atoms with Crippen molar-refractivity contribution in [2.24, 2.45) is 0 Å². The molecule has 0 fully saturated rings. The Morgan fingerprint density at radius 2 is 2.13 bits per heavy atom. The van der Waals surface area contributed by atoms with E-state index in [4.69, 9.17) is 9.47 Å². The lowest BCUT2D eigenvalue weighted by Crippen LogP contribution is -2.22. The zero-order valence-corrected chi connectivity index (χ0v) is 12.5. The van der Waals surface area contributed by atoms with Gasteiger partial charge in [-0.3, -0.25) is 4.79 Å². The maximum Gasteiger partial charge on any atom is 0.276 e. The van der Waals surface area contributed by atoms with Gasteiger partial charge in [0.1, 0.15) is 5.52 Å². The minimum atomic E-state index is -0.108. The van der Waals surface area contributed by atoms with E-state index >= 15 is 0 Å². The third kappa shape index (κ3) is 1.83. The quantitative estimate of drug-likeness (QED) is 0.532. The number of pyridine rings is 1. The molecule has 0 unspecified atom stereocenters.